The third-order valence-corrected chi connectivity index (χ3v) is 5.62. The predicted molar refractivity (Wildman–Crippen MR) is 101 cm³/mol. The minimum absolute atomic E-state index is 0.964. The third kappa shape index (κ3) is 1.85. The van der Waals surface area contributed by atoms with E-state index in [0.717, 1.165) is 5.06 Å². The van der Waals surface area contributed by atoms with Crippen molar-refractivity contribution in [1.82, 2.24) is 0 Å². The summed E-state index contributed by atoms with van der Waals surface area (Å²) in [6, 6.07) is 24.2. The van der Waals surface area contributed by atoms with Crippen molar-refractivity contribution >= 4 is 53.7 Å². The lowest BCUT2D eigenvalue weighted by molar-refractivity contribution is 0.427. The normalized spacial score (nSPS) is 11.7. The lowest BCUT2D eigenvalue weighted by Crippen LogP contribution is -1.80. The lowest BCUT2D eigenvalue weighted by atomic mass is 9.97. The molecule has 1 aromatic heterocycles. The minimum atomic E-state index is 0.964. The molecule has 1 heterocycles. The molecule has 23 heavy (non-hydrogen) atoms. The summed E-state index contributed by atoms with van der Waals surface area (Å²) in [7, 11) is 1.73. The molecule has 0 amide bonds. The second-order valence-corrected chi connectivity index (χ2v) is 6.87. The van der Waals surface area contributed by atoms with Gasteiger partial charge in [0.05, 0.1) is 7.11 Å². The van der Waals surface area contributed by atoms with Crippen molar-refractivity contribution in [2.75, 3.05) is 7.11 Å². The van der Waals surface area contributed by atoms with E-state index in [1.165, 1.54) is 42.4 Å². The number of methoxy groups -OCH3 is 1. The first-order chi connectivity index (χ1) is 11.3. The molecule has 0 aliphatic carbocycles. The van der Waals surface area contributed by atoms with Crippen molar-refractivity contribution in [3.05, 3.63) is 66.7 Å². The number of thiophene rings is 1. The van der Waals surface area contributed by atoms with Gasteiger partial charge in [0, 0.05) is 16.2 Å². The molecule has 5 aromatic rings. The van der Waals surface area contributed by atoms with Crippen molar-refractivity contribution in [3.8, 4) is 5.06 Å². The van der Waals surface area contributed by atoms with Gasteiger partial charge in [0.25, 0.3) is 0 Å². The Morgan fingerprint density at radius 2 is 1.39 bits per heavy atom. The zero-order valence-electron chi connectivity index (χ0n) is 12.7. The molecule has 0 unspecified atom stereocenters. The molecule has 0 saturated heterocycles. The van der Waals surface area contributed by atoms with Crippen LogP contribution in [0.2, 0.25) is 0 Å². The molecular weight excluding hydrogens is 300 g/mol. The molecule has 0 bridgehead atoms. The van der Waals surface area contributed by atoms with Crippen LogP contribution >= 0.6 is 11.3 Å². The third-order valence-electron chi connectivity index (χ3n) is 4.56. The molecule has 0 N–H and O–H groups in total. The second kappa shape index (κ2) is 4.71. The number of fused-ring (bicyclic) bond motifs is 6. The maximum atomic E-state index is 5.41. The Bertz CT molecular complexity index is 1200. The van der Waals surface area contributed by atoms with E-state index in [0.29, 0.717) is 0 Å². The SMILES string of the molecule is COc1cc2c(ccc3c4cc5ccccc5cc4ccc23)s1. The van der Waals surface area contributed by atoms with E-state index in [2.05, 4.69) is 66.7 Å². The van der Waals surface area contributed by atoms with Crippen molar-refractivity contribution < 1.29 is 4.74 Å². The molecule has 0 fully saturated rings. The molecule has 1 nitrogen and oxygen atoms in total. The first-order valence-corrected chi connectivity index (χ1v) is 8.47. The van der Waals surface area contributed by atoms with Gasteiger partial charge >= 0.3 is 0 Å². The van der Waals surface area contributed by atoms with Crippen molar-refractivity contribution in [1.29, 1.82) is 0 Å². The van der Waals surface area contributed by atoms with Gasteiger partial charge in [-0.1, -0.05) is 53.8 Å². The fourth-order valence-corrected chi connectivity index (χ4v) is 4.32. The van der Waals surface area contributed by atoms with Gasteiger partial charge in [-0.25, -0.2) is 0 Å². The van der Waals surface area contributed by atoms with Crippen LogP contribution in [-0.2, 0) is 0 Å². The van der Waals surface area contributed by atoms with Crippen molar-refractivity contribution in [2.45, 2.75) is 0 Å². The van der Waals surface area contributed by atoms with Crippen LogP contribution in [0.15, 0.2) is 66.7 Å². The molecule has 0 atom stereocenters. The van der Waals surface area contributed by atoms with Gasteiger partial charge < -0.3 is 4.74 Å². The molecule has 4 aromatic carbocycles. The Hall–Kier alpha value is -2.58. The van der Waals surface area contributed by atoms with Crippen LogP contribution in [0.3, 0.4) is 0 Å². The van der Waals surface area contributed by atoms with Gasteiger partial charge in [0.2, 0.25) is 0 Å². The van der Waals surface area contributed by atoms with Crippen molar-refractivity contribution in [3.63, 3.8) is 0 Å². The average molecular weight is 314 g/mol. The molecule has 0 spiro atoms. The first kappa shape index (κ1) is 12.9. The Kier molecular flexibility index (Phi) is 2.64. The summed E-state index contributed by atoms with van der Waals surface area (Å²) in [5, 5.41) is 10.0. The maximum absolute atomic E-state index is 5.41. The van der Waals surface area contributed by atoms with Gasteiger partial charge in [-0.15, -0.1) is 0 Å². The fraction of sp³-hybridized carbons (Fsp3) is 0.0476. The average Bonchev–Trinajstić information content (AvgIpc) is 3.03. The number of ether oxygens (including phenoxy) is 1. The van der Waals surface area contributed by atoms with Crippen LogP contribution in [0, 0.1) is 0 Å². The molecule has 2 heteroatoms. The Labute approximate surface area is 137 Å². The van der Waals surface area contributed by atoms with Gasteiger partial charge in [0.1, 0.15) is 0 Å². The lowest BCUT2D eigenvalue weighted by Gasteiger charge is -2.07. The zero-order chi connectivity index (χ0) is 15.4. The van der Waals surface area contributed by atoms with E-state index in [1.54, 1.807) is 18.4 Å². The molecule has 0 aliphatic rings. The highest BCUT2D eigenvalue weighted by Gasteiger charge is 2.09. The smallest absolute Gasteiger partial charge is 0.174 e. The fourth-order valence-electron chi connectivity index (χ4n) is 3.43. The number of hydrogen-bond acceptors (Lipinski definition) is 2. The minimum Gasteiger partial charge on any atom is -0.487 e. The standard InChI is InChI=1S/C21H14OS/c1-22-21-12-19-17-7-6-15-10-13-4-2-3-5-14(13)11-18(15)16(17)8-9-20(19)23-21/h2-12H,1H3. The molecule has 0 aliphatic heterocycles. The van der Waals surface area contributed by atoms with E-state index in [9.17, 15) is 0 Å². The zero-order valence-corrected chi connectivity index (χ0v) is 13.5. The number of rotatable bonds is 1. The molecule has 5 rings (SSSR count). The van der Waals surface area contributed by atoms with Crippen LogP contribution in [0.4, 0.5) is 0 Å². The summed E-state index contributed by atoms with van der Waals surface area (Å²) < 4.78 is 6.68. The van der Waals surface area contributed by atoms with E-state index in [1.807, 2.05) is 0 Å². The topological polar surface area (TPSA) is 9.23 Å². The maximum Gasteiger partial charge on any atom is 0.174 e. The molecule has 0 radical (unpaired) electrons. The largest absolute Gasteiger partial charge is 0.487 e. The second-order valence-electron chi connectivity index (χ2n) is 5.83. The summed E-state index contributed by atoms with van der Waals surface area (Å²) in [6.45, 7) is 0. The van der Waals surface area contributed by atoms with E-state index < -0.39 is 0 Å². The van der Waals surface area contributed by atoms with Crippen LogP contribution in [0.1, 0.15) is 0 Å². The van der Waals surface area contributed by atoms with Crippen molar-refractivity contribution in [2.24, 2.45) is 0 Å². The van der Waals surface area contributed by atoms with Crippen LogP contribution < -0.4 is 4.74 Å². The van der Waals surface area contributed by atoms with E-state index in [-0.39, 0.29) is 0 Å². The van der Waals surface area contributed by atoms with Gasteiger partial charge in [0.15, 0.2) is 5.06 Å². The highest BCUT2D eigenvalue weighted by Crippen LogP contribution is 2.39. The number of hydrogen-bond donors (Lipinski definition) is 0. The Morgan fingerprint density at radius 3 is 2.22 bits per heavy atom. The summed E-state index contributed by atoms with van der Waals surface area (Å²) in [6.07, 6.45) is 0. The highest BCUT2D eigenvalue weighted by molar-refractivity contribution is 7.20. The monoisotopic (exact) mass is 314 g/mol. The van der Waals surface area contributed by atoms with Crippen LogP contribution in [0.5, 0.6) is 5.06 Å². The summed E-state index contributed by atoms with van der Waals surface area (Å²) >= 11 is 1.70. The molecule has 110 valence electrons. The quantitative estimate of drug-likeness (QED) is 0.258. The Morgan fingerprint density at radius 1 is 0.652 bits per heavy atom. The molecule has 0 saturated carbocycles. The first-order valence-electron chi connectivity index (χ1n) is 7.65. The summed E-state index contributed by atoms with van der Waals surface area (Å²) in [5.41, 5.74) is 0. The van der Waals surface area contributed by atoms with Crippen LogP contribution in [0.25, 0.3) is 42.4 Å². The van der Waals surface area contributed by atoms with Crippen LogP contribution in [-0.4, -0.2) is 7.11 Å². The summed E-state index contributed by atoms with van der Waals surface area (Å²) in [5.74, 6) is 0. The predicted octanol–water partition coefficient (Wildman–Crippen LogP) is 6.37. The number of benzene rings is 4. The van der Waals surface area contributed by atoms with E-state index in [4.69, 9.17) is 4.74 Å². The highest BCUT2D eigenvalue weighted by atomic mass is 32.1. The molecular formula is C21H14OS. The van der Waals surface area contributed by atoms with E-state index >= 15 is 0 Å². The Balaban J connectivity index is 1.96. The van der Waals surface area contributed by atoms with Gasteiger partial charge in [-0.3, -0.25) is 0 Å². The summed E-state index contributed by atoms with van der Waals surface area (Å²) in [4.78, 5) is 0. The van der Waals surface area contributed by atoms with Gasteiger partial charge in [-0.2, -0.15) is 0 Å². The van der Waals surface area contributed by atoms with Gasteiger partial charge in [-0.05, 0) is 50.5 Å².